The Hall–Kier alpha value is -1.58. The second-order valence-electron chi connectivity index (χ2n) is 5.64. The maximum Gasteiger partial charge on any atom is 0.317 e. The molecule has 0 heterocycles. The van der Waals surface area contributed by atoms with Gasteiger partial charge in [-0.25, -0.2) is 9.18 Å². The summed E-state index contributed by atoms with van der Waals surface area (Å²) in [6, 6.07) is 5.34. The van der Waals surface area contributed by atoms with Crippen molar-refractivity contribution in [2.75, 3.05) is 7.05 Å². The van der Waals surface area contributed by atoms with E-state index in [1.54, 1.807) is 17.9 Å². The number of hydrogen-bond acceptors (Lipinski definition) is 1. The number of nitrogens with one attached hydrogen (secondary N) is 1. The second kappa shape index (κ2) is 6.73. The number of halogens is 1. The van der Waals surface area contributed by atoms with Crippen molar-refractivity contribution in [3.63, 3.8) is 0 Å². The minimum Gasteiger partial charge on any atom is -0.334 e. The van der Waals surface area contributed by atoms with Crippen LogP contribution in [0.1, 0.15) is 43.2 Å². The molecule has 0 bridgehead atoms. The highest BCUT2D eigenvalue weighted by atomic mass is 19.1. The van der Waals surface area contributed by atoms with Crippen LogP contribution < -0.4 is 5.32 Å². The van der Waals surface area contributed by atoms with E-state index in [2.05, 4.69) is 5.32 Å². The van der Waals surface area contributed by atoms with Gasteiger partial charge >= 0.3 is 6.03 Å². The quantitative estimate of drug-likeness (QED) is 0.900. The van der Waals surface area contributed by atoms with Crippen molar-refractivity contribution in [3.05, 3.63) is 35.1 Å². The first-order chi connectivity index (χ1) is 9.58. The van der Waals surface area contributed by atoms with E-state index in [0.29, 0.717) is 18.2 Å². The Labute approximate surface area is 120 Å². The van der Waals surface area contributed by atoms with Gasteiger partial charge in [-0.3, -0.25) is 0 Å². The van der Waals surface area contributed by atoms with Gasteiger partial charge in [0.1, 0.15) is 5.82 Å². The molecule has 2 amide bonds. The Morgan fingerprint density at radius 3 is 2.70 bits per heavy atom. The molecule has 1 aromatic rings. The van der Waals surface area contributed by atoms with Crippen LogP contribution in [-0.2, 0) is 6.54 Å². The average Bonchev–Trinajstić information content (AvgIpc) is 2.48. The summed E-state index contributed by atoms with van der Waals surface area (Å²) in [7, 11) is 1.85. The molecular formula is C16H23FN2O. The molecule has 0 spiro atoms. The van der Waals surface area contributed by atoms with Gasteiger partial charge in [0.25, 0.3) is 0 Å². The van der Waals surface area contributed by atoms with E-state index in [0.717, 1.165) is 18.4 Å². The maximum absolute atomic E-state index is 13.4. The van der Waals surface area contributed by atoms with E-state index in [-0.39, 0.29) is 11.8 Å². The van der Waals surface area contributed by atoms with Crippen LogP contribution in [0.5, 0.6) is 0 Å². The van der Waals surface area contributed by atoms with Gasteiger partial charge in [0.2, 0.25) is 0 Å². The lowest BCUT2D eigenvalue weighted by molar-refractivity contribution is 0.173. The van der Waals surface area contributed by atoms with Gasteiger partial charge in [-0.1, -0.05) is 31.4 Å². The molecule has 1 aliphatic rings. The smallest absolute Gasteiger partial charge is 0.317 e. The maximum atomic E-state index is 13.4. The molecule has 1 saturated carbocycles. The molecule has 4 heteroatoms. The first kappa shape index (κ1) is 14.8. The van der Waals surface area contributed by atoms with E-state index in [1.807, 2.05) is 13.1 Å². The van der Waals surface area contributed by atoms with Gasteiger partial charge in [0.15, 0.2) is 0 Å². The molecule has 20 heavy (non-hydrogen) atoms. The van der Waals surface area contributed by atoms with Gasteiger partial charge < -0.3 is 10.2 Å². The second-order valence-corrected chi connectivity index (χ2v) is 5.64. The molecule has 0 saturated heterocycles. The summed E-state index contributed by atoms with van der Waals surface area (Å²) < 4.78 is 13.4. The van der Waals surface area contributed by atoms with Gasteiger partial charge in [-0.2, -0.15) is 0 Å². The third-order valence-corrected chi connectivity index (χ3v) is 4.12. The molecule has 1 aromatic carbocycles. The summed E-state index contributed by atoms with van der Waals surface area (Å²) in [5.74, 6) is -0.225. The SMILES string of the molecule is Cc1ccc(CNC(=O)N(C)C2CCCCC2)cc1F. The van der Waals surface area contributed by atoms with E-state index in [4.69, 9.17) is 0 Å². The molecule has 3 nitrogen and oxygen atoms in total. The largest absolute Gasteiger partial charge is 0.334 e. The lowest BCUT2D eigenvalue weighted by Crippen LogP contribution is -2.44. The normalized spacial score (nSPS) is 15.9. The summed E-state index contributed by atoms with van der Waals surface area (Å²) in [4.78, 5) is 13.9. The molecule has 1 N–H and O–H groups in total. The third kappa shape index (κ3) is 3.71. The number of nitrogens with zero attached hydrogens (tertiary/aromatic N) is 1. The van der Waals surface area contributed by atoms with E-state index < -0.39 is 0 Å². The Morgan fingerprint density at radius 1 is 1.35 bits per heavy atom. The van der Waals surface area contributed by atoms with Crippen molar-refractivity contribution in [3.8, 4) is 0 Å². The van der Waals surface area contributed by atoms with E-state index >= 15 is 0 Å². The first-order valence-electron chi connectivity index (χ1n) is 7.33. The lowest BCUT2D eigenvalue weighted by atomic mass is 9.95. The van der Waals surface area contributed by atoms with Gasteiger partial charge in [-0.15, -0.1) is 0 Å². The van der Waals surface area contributed by atoms with Gasteiger partial charge in [-0.05, 0) is 37.0 Å². The zero-order chi connectivity index (χ0) is 14.5. The zero-order valence-electron chi connectivity index (χ0n) is 12.3. The van der Waals surface area contributed by atoms with Crippen LogP contribution >= 0.6 is 0 Å². The minimum absolute atomic E-state index is 0.0714. The van der Waals surface area contributed by atoms with Crippen LogP contribution in [0, 0.1) is 12.7 Å². The van der Waals surface area contributed by atoms with Crippen LogP contribution in [0.3, 0.4) is 0 Å². The summed E-state index contributed by atoms with van der Waals surface area (Å²) in [5, 5.41) is 2.86. The molecule has 2 rings (SSSR count). The number of amides is 2. The number of carbonyl (C=O) groups is 1. The van der Waals surface area contributed by atoms with E-state index in [9.17, 15) is 9.18 Å². The Morgan fingerprint density at radius 2 is 2.05 bits per heavy atom. The first-order valence-corrected chi connectivity index (χ1v) is 7.33. The molecule has 1 aliphatic carbocycles. The summed E-state index contributed by atoms with van der Waals surface area (Å²) in [6.07, 6.45) is 5.84. The Bertz CT molecular complexity index is 470. The monoisotopic (exact) mass is 278 g/mol. The molecular weight excluding hydrogens is 255 g/mol. The van der Waals surface area contributed by atoms with Crippen molar-refractivity contribution < 1.29 is 9.18 Å². The Kier molecular flexibility index (Phi) is 4.99. The lowest BCUT2D eigenvalue weighted by Gasteiger charge is -2.31. The number of benzene rings is 1. The summed E-state index contributed by atoms with van der Waals surface area (Å²) in [5.41, 5.74) is 1.41. The van der Waals surface area contributed by atoms with Crippen molar-refractivity contribution in [2.45, 2.75) is 51.6 Å². The van der Waals surface area contributed by atoms with Crippen LogP contribution in [0.25, 0.3) is 0 Å². The van der Waals surface area contributed by atoms with Gasteiger partial charge in [0, 0.05) is 19.6 Å². The molecule has 1 fully saturated rings. The predicted molar refractivity (Wildman–Crippen MR) is 78.0 cm³/mol. The zero-order valence-corrected chi connectivity index (χ0v) is 12.3. The fraction of sp³-hybridized carbons (Fsp3) is 0.562. The minimum atomic E-state index is -0.225. The van der Waals surface area contributed by atoms with Crippen molar-refractivity contribution in [1.82, 2.24) is 10.2 Å². The Balaban J connectivity index is 1.86. The molecule has 0 unspecified atom stereocenters. The van der Waals surface area contributed by atoms with Crippen molar-refractivity contribution in [2.24, 2.45) is 0 Å². The standard InChI is InChI=1S/C16H23FN2O/c1-12-8-9-13(10-15(12)17)11-18-16(20)19(2)14-6-4-3-5-7-14/h8-10,14H,3-7,11H2,1-2H3,(H,18,20). The summed E-state index contributed by atoms with van der Waals surface area (Å²) >= 11 is 0. The fourth-order valence-corrected chi connectivity index (χ4v) is 2.68. The molecule has 0 radical (unpaired) electrons. The van der Waals surface area contributed by atoms with Crippen LogP contribution in [0.15, 0.2) is 18.2 Å². The summed E-state index contributed by atoms with van der Waals surface area (Å²) in [6.45, 7) is 2.10. The number of aryl methyl sites for hydroxylation is 1. The van der Waals surface area contributed by atoms with Crippen molar-refractivity contribution >= 4 is 6.03 Å². The third-order valence-electron chi connectivity index (χ3n) is 4.12. The highest BCUT2D eigenvalue weighted by Gasteiger charge is 2.21. The molecule has 0 aromatic heterocycles. The highest BCUT2D eigenvalue weighted by Crippen LogP contribution is 2.21. The topological polar surface area (TPSA) is 32.3 Å². The number of rotatable bonds is 3. The van der Waals surface area contributed by atoms with Gasteiger partial charge in [0.05, 0.1) is 0 Å². The van der Waals surface area contributed by atoms with E-state index in [1.165, 1.54) is 25.3 Å². The fourth-order valence-electron chi connectivity index (χ4n) is 2.68. The number of urea groups is 1. The highest BCUT2D eigenvalue weighted by molar-refractivity contribution is 5.74. The molecule has 0 aliphatic heterocycles. The average molecular weight is 278 g/mol. The van der Waals surface area contributed by atoms with Crippen LogP contribution in [-0.4, -0.2) is 24.0 Å². The van der Waals surface area contributed by atoms with Crippen molar-refractivity contribution in [1.29, 1.82) is 0 Å². The molecule has 0 atom stereocenters. The number of carbonyl (C=O) groups excluding carboxylic acids is 1. The van der Waals surface area contributed by atoms with Crippen LogP contribution in [0.2, 0.25) is 0 Å². The predicted octanol–water partition coefficient (Wildman–Crippen LogP) is 3.61. The van der Waals surface area contributed by atoms with Crippen LogP contribution in [0.4, 0.5) is 9.18 Å². The number of hydrogen-bond donors (Lipinski definition) is 1. The molecule has 110 valence electrons.